The summed E-state index contributed by atoms with van der Waals surface area (Å²) in [5.41, 5.74) is 1.98. The highest BCUT2D eigenvalue weighted by Crippen LogP contribution is 2.48. The van der Waals surface area contributed by atoms with Crippen LogP contribution in [0.15, 0.2) is 6.07 Å². The molecule has 0 N–H and O–H groups in total. The van der Waals surface area contributed by atoms with Crippen LogP contribution < -0.4 is 37.9 Å². The van der Waals surface area contributed by atoms with E-state index in [1.807, 2.05) is 13.0 Å². The van der Waals surface area contributed by atoms with Crippen LogP contribution in [-0.2, 0) is 0 Å². The molecule has 0 aliphatic rings. The van der Waals surface area contributed by atoms with Gasteiger partial charge in [0.05, 0.1) is 62.4 Å². The van der Waals surface area contributed by atoms with Gasteiger partial charge in [0, 0.05) is 5.56 Å². The number of aldehydes is 1. The van der Waals surface area contributed by atoms with Crippen LogP contribution in [-0.4, -0.2) is 63.2 Å². The van der Waals surface area contributed by atoms with Crippen molar-refractivity contribution in [3.05, 3.63) is 22.8 Å². The molecule has 0 aliphatic carbocycles. The Morgan fingerprint density at radius 2 is 0.938 bits per heavy atom. The number of methoxy groups -OCH3 is 8. The number of aryl methyl sites for hydroxylation is 1. The molecule has 0 heterocycles. The lowest BCUT2D eigenvalue weighted by Gasteiger charge is -2.19. The van der Waals surface area contributed by atoms with Crippen molar-refractivity contribution in [2.75, 3.05) is 56.9 Å². The fourth-order valence-electron chi connectivity index (χ4n) is 3.26. The van der Waals surface area contributed by atoms with E-state index in [0.29, 0.717) is 63.4 Å². The SMILES string of the molecule is COc1c(C)c(C=O)c(OC)c(OC)c1OC.COc1cc(C)c(OC)c(OC)c1OC. The molecule has 178 valence electrons. The van der Waals surface area contributed by atoms with Gasteiger partial charge < -0.3 is 37.9 Å². The van der Waals surface area contributed by atoms with Crippen molar-refractivity contribution in [1.82, 2.24) is 0 Å². The maximum Gasteiger partial charge on any atom is 0.208 e. The van der Waals surface area contributed by atoms with E-state index in [1.54, 1.807) is 35.4 Å². The number of hydrogen-bond donors (Lipinski definition) is 0. The first-order valence-electron chi connectivity index (χ1n) is 9.50. The minimum Gasteiger partial charge on any atom is -0.493 e. The lowest BCUT2D eigenvalue weighted by atomic mass is 10.1. The number of ether oxygens (including phenoxy) is 8. The molecule has 0 aromatic heterocycles. The summed E-state index contributed by atoms with van der Waals surface area (Å²) in [5, 5.41) is 0. The molecule has 32 heavy (non-hydrogen) atoms. The van der Waals surface area contributed by atoms with E-state index in [9.17, 15) is 4.79 Å². The molecule has 0 unspecified atom stereocenters. The number of benzene rings is 2. The van der Waals surface area contributed by atoms with Gasteiger partial charge in [-0.1, -0.05) is 0 Å². The topological polar surface area (TPSA) is 90.9 Å². The summed E-state index contributed by atoms with van der Waals surface area (Å²) in [5.74, 6) is 3.96. The Balaban J connectivity index is 0.000000323. The van der Waals surface area contributed by atoms with Crippen LogP contribution in [0.25, 0.3) is 0 Å². The highest BCUT2D eigenvalue weighted by molar-refractivity contribution is 5.87. The van der Waals surface area contributed by atoms with E-state index in [-0.39, 0.29) is 0 Å². The monoisotopic (exact) mass is 452 g/mol. The Kier molecular flexibility index (Phi) is 10.3. The van der Waals surface area contributed by atoms with E-state index >= 15 is 0 Å². The zero-order chi connectivity index (χ0) is 24.4. The molecule has 0 atom stereocenters. The molecule has 0 radical (unpaired) electrons. The van der Waals surface area contributed by atoms with Crippen LogP contribution in [0.3, 0.4) is 0 Å². The second kappa shape index (κ2) is 12.4. The molecule has 0 spiro atoms. The Morgan fingerprint density at radius 3 is 1.31 bits per heavy atom. The molecule has 2 aromatic carbocycles. The molecular formula is C23H32O9. The van der Waals surface area contributed by atoms with Gasteiger partial charge in [0.15, 0.2) is 29.3 Å². The average Bonchev–Trinajstić information content (AvgIpc) is 2.82. The molecule has 2 rings (SSSR count). The van der Waals surface area contributed by atoms with Gasteiger partial charge in [-0.2, -0.15) is 0 Å². The maximum atomic E-state index is 11.1. The Hall–Kier alpha value is -3.49. The Labute approximate surface area is 189 Å². The van der Waals surface area contributed by atoms with Crippen molar-refractivity contribution in [3.8, 4) is 46.0 Å². The molecule has 0 fully saturated rings. The maximum absolute atomic E-state index is 11.1. The first kappa shape index (κ1) is 26.5. The molecule has 0 bridgehead atoms. The van der Waals surface area contributed by atoms with Gasteiger partial charge in [-0.3, -0.25) is 4.79 Å². The highest BCUT2D eigenvalue weighted by Gasteiger charge is 2.24. The summed E-state index contributed by atoms with van der Waals surface area (Å²) in [6, 6.07) is 1.85. The fourth-order valence-corrected chi connectivity index (χ4v) is 3.26. The van der Waals surface area contributed by atoms with E-state index in [0.717, 1.165) is 5.56 Å². The van der Waals surface area contributed by atoms with E-state index < -0.39 is 0 Å². The van der Waals surface area contributed by atoms with Gasteiger partial charge in [0.1, 0.15) is 0 Å². The van der Waals surface area contributed by atoms with Gasteiger partial charge in [0.25, 0.3) is 0 Å². The molecule has 9 heteroatoms. The van der Waals surface area contributed by atoms with Gasteiger partial charge in [-0.05, 0) is 25.5 Å². The average molecular weight is 453 g/mol. The largest absolute Gasteiger partial charge is 0.493 e. The normalized spacial score (nSPS) is 9.69. The van der Waals surface area contributed by atoms with Crippen LogP contribution in [0.2, 0.25) is 0 Å². The van der Waals surface area contributed by atoms with Crippen molar-refractivity contribution in [2.24, 2.45) is 0 Å². The van der Waals surface area contributed by atoms with Crippen molar-refractivity contribution in [1.29, 1.82) is 0 Å². The van der Waals surface area contributed by atoms with Crippen molar-refractivity contribution in [2.45, 2.75) is 13.8 Å². The van der Waals surface area contributed by atoms with Gasteiger partial charge >= 0.3 is 0 Å². The lowest BCUT2D eigenvalue weighted by molar-refractivity contribution is 0.111. The quantitative estimate of drug-likeness (QED) is 0.526. The molecule has 9 nitrogen and oxygen atoms in total. The second-order valence-corrected chi connectivity index (χ2v) is 6.28. The molecule has 0 amide bonds. The molecule has 0 saturated heterocycles. The summed E-state index contributed by atoms with van der Waals surface area (Å²) < 4.78 is 41.8. The Morgan fingerprint density at radius 1 is 0.531 bits per heavy atom. The van der Waals surface area contributed by atoms with Crippen LogP contribution in [0.1, 0.15) is 21.5 Å². The number of carbonyl (C=O) groups excluding carboxylic acids is 1. The lowest BCUT2D eigenvalue weighted by Crippen LogP contribution is -2.04. The van der Waals surface area contributed by atoms with Crippen LogP contribution in [0.4, 0.5) is 0 Å². The van der Waals surface area contributed by atoms with Crippen molar-refractivity contribution < 1.29 is 42.7 Å². The summed E-state index contributed by atoms with van der Waals surface area (Å²) in [7, 11) is 12.3. The standard InChI is InChI=1S/C12H16O5.C11H16O4/c1-7-8(6-13)10(15-3)12(17-5)11(16-4)9(7)14-2;1-7-6-8(12-2)10(14-4)11(15-5)9(7)13-3/h6H,1-5H3;6H,1-5H3. The molecule has 0 aliphatic heterocycles. The number of hydrogen-bond acceptors (Lipinski definition) is 9. The van der Waals surface area contributed by atoms with Crippen LogP contribution in [0, 0.1) is 13.8 Å². The van der Waals surface area contributed by atoms with E-state index in [1.165, 1.54) is 28.4 Å². The number of rotatable bonds is 9. The predicted octanol–water partition coefficient (Wildman–Crippen LogP) is 3.87. The smallest absolute Gasteiger partial charge is 0.208 e. The van der Waals surface area contributed by atoms with E-state index in [4.69, 9.17) is 37.9 Å². The minimum atomic E-state index is 0.345. The fraction of sp³-hybridized carbons (Fsp3) is 0.435. The first-order valence-corrected chi connectivity index (χ1v) is 9.50. The zero-order valence-corrected chi connectivity index (χ0v) is 20.3. The van der Waals surface area contributed by atoms with Gasteiger partial charge in [0.2, 0.25) is 23.0 Å². The molecule has 2 aromatic rings. The number of carbonyl (C=O) groups is 1. The third kappa shape index (κ3) is 5.04. The van der Waals surface area contributed by atoms with Crippen molar-refractivity contribution >= 4 is 6.29 Å². The third-order valence-electron chi connectivity index (χ3n) is 4.72. The van der Waals surface area contributed by atoms with E-state index in [2.05, 4.69) is 0 Å². The highest BCUT2D eigenvalue weighted by atomic mass is 16.6. The third-order valence-corrected chi connectivity index (χ3v) is 4.72. The minimum absolute atomic E-state index is 0.345. The van der Waals surface area contributed by atoms with Crippen LogP contribution in [0.5, 0.6) is 46.0 Å². The van der Waals surface area contributed by atoms with Gasteiger partial charge in [-0.25, -0.2) is 0 Å². The first-order chi connectivity index (χ1) is 15.3. The second-order valence-electron chi connectivity index (χ2n) is 6.28. The van der Waals surface area contributed by atoms with Gasteiger partial charge in [-0.15, -0.1) is 0 Å². The summed E-state index contributed by atoms with van der Waals surface area (Å²) in [6.07, 6.45) is 0.707. The molecular weight excluding hydrogens is 420 g/mol. The predicted molar refractivity (Wildman–Crippen MR) is 120 cm³/mol. The Bertz CT molecular complexity index is 923. The van der Waals surface area contributed by atoms with Crippen molar-refractivity contribution in [3.63, 3.8) is 0 Å². The summed E-state index contributed by atoms with van der Waals surface area (Å²) in [4.78, 5) is 11.1. The zero-order valence-electron chi connectivity index (χ0n) is 20.3. The summed E-state index contributed by atoms with van der Waals surface area (Å²) in [6.45, 7) is 3.68. The summed E-state index contributed by atoms with van der Waals surface area (Å²) >= 11 is 0. The molecule has 0 saturated carbocycles. The van der Waals surface area contributed by atoms with Crippen LogP contribution >= 0.6 is 0 Å².